The van der Waals surface area contributed by atoms with Crippen molar-refractivity contribution in [2.75, 3.05) is 11.5 Å². The number of hydrogen-bond acceptors (Lipinski definition) is 6. The quantitative estimate of drug-likeness (QED) is 0.535. The standard InChI is InChI=1S/C22H27FN6O3S/c1-22(8-10-33(31,32)13-22)26-21(30)14-3-5-16-18(11-14)29(19-6-4-15(23)12-24-19)27-20(16)17-7-9-25-28(17)2/h4,6-7,9,12,14,31-32H,3,5,8,10-11,13H2,1-2H3,(H,26,30). The van der Waals surface area contributed by atoms with Crippen LogP contribution < -0.4 is 5.32 Å². The SMILES string of the molecule is Cn1nccc1-c1nn(-c2ccc(F)cn2)c2c1CCC(C(=O)NC1(C)CCS(O)(O)C1)C2. The molecule has 9 nitrogen and oxygen atoms in total. The first-order valence-corrected chi connectivity index (χ1v) is 12.8. The average Bonchev–Trinajstić information content (AvgIpc) is 3.43. The van der Waals surface area contributed by atoms with Gasteiger partial charge in [-0.05, 0) is 44.4 Å². The lowest BCUT2D eigenvalue weighted by Gasteiger charge is -2.32. The van der Waals surface area contributed by atoms with Crippen LogP contribution >= 0.6 is 10.6 Å². The van der Waals surface area contributed by atoms with E-state index in [1.54, 1.807) is 21.6 Å². The molecule has 33 heavy (non-hydrogen) atoms. The van der Waals surface area contributed by atoms with Crippen LogP contribution in [0, 0.1) is 11.7 Å². The minimum atomic E-state index is -2.63. The van der Waals surface area contributed by atoms with E-state index in [1.165, 1.54) is 6.07 Å². The van der Waals surface area contributed by atoms with Crippen LogP contribution in [0.1, 0.15) is 31.0 Å². The van der Waals surface area contributed by atoms with Gasteiger partial charge in [-0.25, -0.2) is 14.1 Å². The highest BCUT2D eigenvalue weighted by Crippen LogP contribution is 2.50. The lowest BCUT2D eigenvalue weighted by molar-refractivity contribution is -0.126. The van der Waals surface area contributed by atoms with E-state index in [-0.39, 0.29) is 17.6 Å². The van der Waals surface area contributed by atoms with Gasteiger partial charge >= 0.3 is 0 Å². The van der Waals surface area contributed by atoms with Gasteiger partial charge in [0.25, 0.3) is 0 Å². The Morgan fingerprint density at radius 3 is 2.79 bits per heavy atom. The number of aromatic nitrogens is 5. The minimum Gasteiger partial charge on any atom is -0.349 e. The molecule has 3 aromatic heterocycles. The van der Waals surface area contributed by atoms with Crippen molar-refractivity contribution < 1.29 is 18.3 Å². The van der Waals surface area contributed by atoms with Crippen molar-refractivity contribution >= 4 is 16.5 Å². The Hall–Kier alpha value is -2.76. The Balaban J connectivity index is 1.47. The predicted molar refractivity (Wildman–Crippen MR) is 123 cm³/mol. The number of carbonyl (C=O) groups is 1. The molecule has 5 rings (SSSR count). The Morgan fingerprint density at radius 1 is 1.33 bits per heavy atom. The third-order valence-electron chi connectivity index (χ3n) is 6.59. The zero-order chi connectivity index (χ0) is 23.4. The molecule has 0 bridgehead atoms. The third-order valence-corrected chi connectivity index (χ3v) is 8.55. The second kappa shape index (κ2) is 7.93. The highest BCUT2D eigenvalue weighted by molar-refractivity contribution is 8.24. The first kappa shape index (κ1) is 22.1. The molecular weight excluding hydrogens is 447 g/mol. The van der Waals surface area contributed by atoms with E-state index in [2.05, 4.69) is 15.4 Å². The average molecular weight is 475 g/mol. The zero-order valence-electron chi connectivity index (χ0n) is 18.5. The molecule has 0 saturated carbocycles. The first-order valence-electron chi connectivity index (χ1n) is 10.9. The number of aryl methyl sites for hydroxylation is 1. The smallest absolute Gasteiger partial charge is 0.223 e. The summed E-state index contributed by atoms with van der Waals surface area (Å²) in [6.07, 6.45) is 5.17. The largest absolute Gasteiger partial charge is 0.349 e. The summed E-state index contributed by atoms with van der Waals surface area (Å²) in [6.45, 7) is 1.87. The molecule has 2 aliphatic rings. The second-order valence-electron chi connectivity index (χ2n) is 9.25. The number of halogens is 1. The van der Waals surface area contributed by atoms with Crippen LogP contribution in [-0.2, 0) is 24.7 Å². The maximum Gasteiger partial charge on any atom is 0.223 e. The number of carbonyl (C=O) groups excluding carboxylic acids is 1. The Morgan fingerprint density at radius 2 is 2.15 bits per heavy atom. The molecule has 0 spiro atoms. The van der Waals surface area contributed by atoms with E-state index in [0.29, 0.717) is 37.3 Å². The lowest BCUT2D eigenvalue weighted by Crippen LogP contribution is -2.49. The van der Waals surface area contributed by atoms with Gasteiger partial charge in [0, 0.05) is 36.9 Å². The number of amides is 1. The summed E-state index contributed by atoms with van der Waals surface area (Å²) in [5.74, 6) is 0.175. The van der Waals surface area contributed by atoms with Crippen LogP contribution in [0.25, 0.3) is 17.2 Å². The van der Waals surface area contributed by atoms with E-state index in [4.69, 9.17) is 5.10 Å². The molecule has 2 unspecified atom stereocenters. The van der Waals surface area contributed by atoms with Crippen molar-refractivity contribution in [2.45, 2.75) is 38.1 Å². The molecule has 1 aliphatic carbocycles. The zero-order valence-corrected chi connectivity index (χ0v) is 19.3. The van der Waals surface area contributed by atoms with Crippen LogP contribution in [0.4, 0.5) is 4.39 Å². The van der Waals surface area contributed by atoms with Crippen molar-refractivity contribution in [2.24, 2.45) is 13.0 Å². The number of hydrogen-bond donors (Lipinski definition) is 3. The van der Waals surface area contributed by atoms with Gasteiger partial charge in [-0.15, -0.1) is 0 Å². The molecular formula is C22H27FN6O3S. The van der Waals surface area contributed by atoms with E-state index < -0.39 is 21.9 Å². The summed E-state index contributed by atoms with van der Waals surface area (Å²) in [5.41, 5.74) is 2.94. The Labute approximate surface area is 192 Å². The molecule has 1 aliphatic heterocycles. The Kier molecular flexibility index (Phi) is 5.30. The summed E-state index contributed by atoms with van der Waals surface area (Å²) < 4.78 is 37.0. The van der Waals surface area contributed by atoms with Gasteiger partial charge in [0.1, 0.15) is 11.5 Å². The number of nitrogens with zero attached hydrogens (tertiary/aromatic N) is 5. The number of pyridine rings is 1. The van der Waals surface area contributed by atoms with Gasteiger partial charge in [-0.2, -0.15) is 20.8 Å². The van der Waals surface area contributed by atoms with E-state index >= 15 is 0 Å². The summed E-state index contributed by atoms with van der Waals surface area (Å²) in [6, 6.07) is 4.80. The molecule has 2 atom stereocenters. The van der Waals surface area contributed by atoms with E-state index in [1.807, 2.05) is 20.0 Å². The van der Waals surface area contributed by atoms with Crippen molar-refractivity contribution in [1.82, 2.24) is 29.9 Å². The van der Waals surface area contributed by atoms with Crippen molar-refractivity contribution in [3.8, 4) is 17.2 Å². The molecule has 1 saturated heterocycles. The van der Waals surface area contributed by atoms with Crippen LogP contribution in [-0.4, -0.2) is 56.6 Å². The number of rotatable bonds is 4. The molecule has 1 fully saturated rings. The van der Waals surface area contributed by atoms with Gasteiger partial charge in [0.15, 0.2) is 5.82 Å². The van der Waals surface area contributed by atoms with Gasteiger partial charge in [0.05, 0.1) is 28.9 Å². The fourth-order valence-corrected chi connectivity index (χ4v) is 7.03. The molecule has 3 N–H and O–H groups in total. The summed E-state index contributed by atoms with van der Waals surface area (Å²) in [5, 5.41) is 12.1. The summed E-state index contributed by atoms with van der Waals surface area (Å²) >= 11 is 0. The fourth-order valence-electron chi connectivity index (χ4n) is 4.87. The molecule has 11 heteroatoms. The van der Waals surface area contributed by atoms with Gasteiger partial charge in [0.2, 0.25) is 5.91 Å². The highest BCUT2D eigenvalue weighted by Gasteiger charge is 2.41. The summed E-state index contributed by atoms with van der Waals surface area (Å²) in [4.78, 5) is 17.4. The monoisotopic (exact) mass is 474 g/mol. The first-order chi connectivity index (χ1) is 15.6. The lowest BCUT2D eigenvalue weighted by atomic mass is 9.85. The van der Waals surface area contributed by atoms with Crippen molar-refractivity contribution in [3.05, 3.63) is 47.7 Å². The normalized spacial score (nSPS) is 24.9. The van der Waals surface area contributed by atoms with Crippen LogP contribution in [0.15, 0.2) is 30.6 Å². The van der Waals surface area contributed by atoms with Crippen molar-refractivity contribution in [3.63, 3.8) is 0 Å². The maximum absolute atomic E-state index is 13.5. The van der Waals surface area contributed by atoms with Crippen LogP contribution in [0.2, 0.25) is 0 Å². The van der Waals surface area contributed by atoms with Gasteiger partial charge < -0.3 is 5.32 Å². The predicted octanol–water partition coefficient (Wildman–Crippen LogP) is 2.94. The molecule has 3 aromatic rings. The molecule has 0 radical (unpaired) electrons. The third kappa shape index (κ3) is 4.16. The van der Waals surface area contributed by atoms with Gasteiger partial charge in [-0.1, -0.05) is 0 Å². The molecule has 0 aromatic carbocycles. The second-order valence-corrected chi connectivity index (χ2v) is 11.6. The topological polar surface area (TPSA) is 118 Å². The highest BCUT2D eigenvalue weighted by atomic mass is 32.3. The fraction of sp³-hybridized carbons (Fsp3) is 0.455. The van der Waals surface area contributed by atoms with Crippen LogP contribution in [0.3, 0.4) is 0 Å². The van der Waals surface area contributed by atoms with E-state index in [0.717, 1.165) is 28.8 Å². The molecule has 176 valence electrons. The van der Waals surface area contributed by atoms with Crippen LogP contribution in [0.5, 0.6) is 0 Å². The Bertz CT molecular complexity index is 1210. The summed E-state index contributed by atoms with van der Waals surface area (Å²) in [7, 11) is -0.777. The van der Waals surface area contributed by atoms with Gasteiger partial charge in [-0.3, -0.25) is 18.6 Å². The number of fused-ring (bicyclic) bond motifs is 1. The molecule has 1 amide bonds. The number of nitrogens with one attached hydrogen (secondary N) is 1. The maximum atomic E-state index is 13.5. The minimum absolute atomic E-state index is 0.0952. The van der Waals surface area contributed by atoms with Crippen molar-refractivity contribution in [1.29, 1.82) is 0 Å². The van der Waals surface area contributed by atoms with E-state index in [9.17, 15) is 18.3 Å². The molecule has 4 heterocycles.